The Morgan fingerprint density at radius 1 is 1.21 bits per heavy atom. The number of nitrogens with one attached hydrogen (secondary N) is 1. The number of carbonyl (C=O) groups is 1. The number of amides is 1. The largest absolute Gasteiger partial charge is 0.334 e. The summed E-state index contributed by atoms with van der Waals surface area (Å²) in [7, 11) is 0. The molecule has 0 fully saturated rings. The number of pyridine rings is 1. The van der Waals surface area contributed by atoms with E-state index >= 15 is 0 Å². The standard InChI is InChI=1S/C20H17ClN6O2/c1-12(2)17-25-20(29-26-17)15-7-4-8-22-18(15)27-10-16(23-11-27)19(28)24-14-6-3-5-13(21)9-14/h3-12H,1-2H3,(H,24,28). The molecule has 1 N–H and O–H groups in total. The molecule has 146 valence electrons. The predicted octanol–water partition coefficient (Wildman–Crippen LogP) is 4.35. The molecule has 0 saturated heterocycles. The lowest BCUT2D eigenvalue weighted by Gasteiger charge is -2.05. The van der Waals surface area contributed by atoms with Crippen LogP contribution in [0.15, 0.2) is 59.6 Å². The van der Waals surface area contributed by atoms with E-state index < -0.39 is 0 Å². The zero-order valence-corrected chi connectivity index (χ0v) is 16.5. The number of imidazole rings is 1. The van der Waals surface area contributed by atoms with Gasteiger partial charge < -0.3 is 9.84 Å². The molecular formula is C20H17ClN6O2. The van der Waals surface area contributed by atoms with Crippen LogP contribution in [0.5, 0.6) is 0 Å². The normalized spacial score (nSPS) is 11.0. The molecule has 1 aromatic carbocycles. The maximum atomic E-state index is 12.5. The molecule has 0 aliphatic heterocycles. The van der Waals surface area contributed by atoms with Gasteiger partial charge in [0.2, 0.25) is 0 Å². The third kappa shape index (κ3) is 4.02. The zero-order valence-electron chi connectivity index (χ0n) is 15.7. The molecule has 0 aliphatic rings. The van der Waals surface area contributed by atoms with Gasteiger partial charge in [0, 0.05) is 29.0 Å². The molecule has 0 saturated carbocycles. The van der Waals surface area contributed by atoms with E-state index in [1.807, 2.05) is 19.9 Å². The van der Waals surface area contributed by atoms with E-state index in [9.17, 15) is 4.79 Å². The van der Waals surface area contributed by atoms with Crippen LogP contribution in [-0.2, 0) is 0 Å². The van der Waals surface area contributed by atoms with Crippen LogP contribution in [0, 0.1) is 0 Å². The van der Waals surface area contributed by atoms with E-state index in [4.69, 9.17) is 16.1 Å². The molecule has 0 radical (unpaired) electrons. The molecule has 9 heteroatoms. The molecule has 0 atom stereocenters. The molecule has 4 aromatic rings. The Kier molecular flexibility index (Phi) is 5.09. The summed E-state index contributed by atoms with van der Waals surface area (Å²) >= 11 is 5.96. The first-order valence-electron chi connectivity index (χ1n) is 8.91. The van der Waals surface area contributed by atoms with E-state index in [1.165, 1.54) is 6.33 Å². The van der Waals surface area contributed by atoms with Crippen molar-refractivity contribution in [2.75, 3.05) is 5.32 Å². The molecule has 0 aliphatic carbocycles. The van der Waals surface area contributed by atoms with Crippen LogP contribution in [0.4, 0.5) is 5.69 Å². The Morgan fingerprint density at radius 2 is 2.07 bits per heavy atom. The molecule has 29 heavy (non-hydrogen) atoms. The Bertz CT molecular complexity index is 1170. The Balaban J connectivity index is 1.62. The van der Waals surface area contributed by atoms with Gasteiger partial charge in [0.05, 0.1) is 5.56 Å². The predicted molar refractivity (Wildman–Crippen MR) is 108 cm³/mol. The maximum Gasteiger partial charge on any atom is 0.275 e. The van der Waals surface area contributed by atoms with Gasteiger partial charge in [-0.25, -0.2) is 9.97 Å². The fourth-order valence-corrected chi connectivity index (χ4v) is 2.86. The van der Waals surface area contributed by atoms with Crippen molar-refractivity contribution in [1.29, 1.82) is 0 Å². The first-order chi connectivity index (χ1) is 14.0. The summed E-state index contributed by atoms with van der Waals surface area (Å²) in [6.07, 6.45) is 4.74. The van der Waals surface area contributed by atoms with Crippen LogP contribution in [0.2, 0.25) is 5.02 Å². The summed E-state index contributed by atoms with van der Waals surface area (Å²) in [5, 5.41) is 7.30. The first-order valence-corrected chi connectivity index (χ1v) is 9.29. The van der Waals surface area contributed by atoms with Crippen LogP contribution < -0.4 is 5.32 Å². The average Bonchev–Trinajstić information content (AvgIpc) is 3.38. The number of halogens is 1. The zero-order chi connectivity index (χ0) is 20.4. The molecule has 4 rings (SSSR count). The summed E-state index contributed by atoms with van der Waals surface area (Å²) in [6, 6.07) is 10.5. The van der Waals surface area contributed by atoms with Crippen LogP contribution in [0.1, 0.15) is 36.1 Å². The highest BCUT2D eigenvalue weighted by Gasteiger charge is 2.18. The topological polar surface area (TPSA) is 98.7 Å². The molecular weight excluding hydrogens is 392 g/mol. The molecule has 0 unspecified atom stereocenters. The number of benzene rings is 1. The lowest BCUT2D eigenvalue weighted by molar-refractivity contribution is 0.102. The second-order valence-electron chi connectivity index (χ2n) is 6.62. The van der Waals surface area contributed by atoms with Gasteiger partial charge in [0.1, 0.15) is 12.0 Å². The number of aromatic nitrogens is 5. The second kappa shape index (κ2) is 7.84. The van der Waals surface area contributed by atoms with Gasteiger partial charge in [-0.05, 0) is 30.3 Å². The summed E-state index contributed by atoms with van der Waals surface area (Å²) in [6.45, 7) is 3.97. The molecule has 0 spiro atoms. The fourth-order valence-electron chi connectivity index (χ4n) is 2.67. The first kappa shape index (κ1) is 18.8. The number of anilines is 1. The maximum absolute atomic E-state index is 12.5. The minimum absolute atomic E-state index is 0.141. The van der Waals surface area contributed by atoms with Crippen molar-refractivity contribution in [2.24, 2.45) is 0 Å². The SMILES string of the molecule is CC(C)c1noc(-c2cccnc2-n2cnc(C(=O)Nc3cccc(Cl)c3)c2)n1. The molecule has 8 nitrogen and oxygen atoms in total. The van der Waals surface area contributed by atoms with Crippen molar-refractivity contribution in [3.63, 3.8) is 0 Å². The number of hydrogen-bond donors (Lipinski definition) is 1. The monoisotopic (exact) mass is 408 g/mol. The summed E-state index contributed by atoms with van der Waals surface area (Å²) in [5.74, 6) is 1.28. The van der Waals surface area contributed by atoms with Crippen LogP contribution in [0.3, 0.4) is 0 Å². The molecule has 3 heterocycles. The highest BCUT2D eigenvalue weighted by atomic mass is 35.5. The summed E-state index contributed by atoms with van der Waals surface area (Å²) < 4.78 is 7.03. The van der Waals surface area contributed by atoms with Gasteiger partial charge in [-0.2, -0.15) is 4.98 Å². The lowest BCUT2D eigenvalue weighted by Crippen LogP contribution is -2.12. The smallest absolute Gasteiger partial charge is 0.275 e. The van der Waals surface area contributed by atoms with Crippen molar-refractivity contribution >= 4 is 23.2 Å². The van der Waals surface area contributed by atoms with E-state index in [-0.39, 0.29) is 17.5 Å². The third-order valence-corrected chi connectivity index (χ3v) is 4.35. The van der Waals surface area contributed by atoms with Crippen LogP contribution in [0.25, 0.3) is 17.3 Å². The third-order valence-electron chi connectivity index (χ3n) is 4.12. The summed E-state index contributed by atoms with van der Waals surface area (Å²) in [5.41, 5.74) is 1.46. The van der Waals surface area contributed by atoms with Crippen molar-refractivity contribution in [3.8, 4) is 17.3 Å². The average molecular weight is 409 g/mol. The summed E-state index contributed by atoms with van der Waals surface area (Å²) in [4.78, 5) is 25.5. The van der Waals surface area contributed by atoms with Gasteiger partial charge in [-0.1, -0.05) is 36.7 Å². The van der Waals surface area contributed by atoms with E-state index in [0.29, 0.717) is 33.8 Å². The molecule has 3 aromatic heterocycles. The van der Waals surface area contributed by atoms with Crippen LogP contribution in [-0.4, -0.2) is 30.6 Å². The van der Waals surface area contributed by atoms with E-state index in [2.05, 4.69) is 25.4 Å². The van der Waals surface area contributed by atoms with E-state index in [0.717, 1.165) is 0 Å². The van der Waals surface area contributed by atoms with Gasteiger partial charge in [-0.3, -0.25) is 9.36 Å². The quantitative estimate of drug-likeness (QED) is 0.527. The minimum atomic E-state index is -0.358. The van der Waals surface area contributed by atoms with Crippen molar-refractivity contribution in [3.05, 3.63) is 71.7 Å². The van der Waals surface area contributed by atoms with Crippen molar-refractivity contribution in [2.45, 2.75) is 19.8 Å². The van der Waals surface area contributed by atoms with E-state index in [1.54, 1.807) is 47.3 Å². The number of nitrogens with zero attached hydrogens (tertiary/aromatic N) is 5. The van der Waals surface area contributed by atoms with Gasteiger partial charge in [-0.15, -0.1) is 0 Å². The second-order valence-corrected chi connectivity index (χ2v) is 7.05. The Labute approximate surface area is 171 Å². The fraction of sp³-hybridized carbons (Fsp3) is 0.150. The Hall–Kier alpha value is -3.52. The highest BCUT2D eigenvalue weighted by Crippen LogP contribution is 2.25. The van der Waals surface area contributed by atoms with Crippen molar-refractivity contribution in [1.82, 2.24) is 24.7 Å². The minimum Gasteiger partial charge on any atom is -0.334 e. The highest BCUT2D eigenvalue weighted by molar-refractivity contribution is 6.30. The molecule has 1 amide bonds. The Morgan fingerprint density at radius 3 is 2.83 bits per heavy atom. The van der Waals surface area contributed by atoms with Gasteiger partial charge >= 0.3 is 0 Å². The number of carbonyl (C=O) groups excluding carboxylic acids is 1. The van der Waals surface area contributed by atoms with Crippen molar-refractivity contribution < 1.29 is 9.32 Å². The number of hydrogen-bond acceptors (Lipinski definition) is 6. The number of rotatable bonds is 5. The van der Waals surface area contributed by atoms with Crippen LogP contribution >= 0.6 is 11.6 Å². The molecule has 0 bridgehead atoms. The van der Waals surface area contributed by atoms with Gasteiger partial charge in [0.15, 0.2) is 11.6 Å². The lowest BCUT2D eigenvalue weighted by atomic mass is 10.2. The van der Waals surface area contributed by atoms with Gasteiger partial charge in [0.25, 0.3) is 11.8 Å².